The average molecular weight is 242 g/mol. The first-order chi connectivity index (χ1) is 6.81. The van der Waals surface area contributed by atoms with Crippen molar-refractivity contribution in [2.75, 3.05) is 6.61 Å². The summed E-state index contributed by atoms with van der Waals surface area (Å²) in [5.41, 5.74) is -3.85. The summed E-state index contributed by atoms with van der Waals surface area (Å²) >= 11 is 5.39. The van der Waals surface area contributed by atoms with E-state index >= 15 is 0 Å². The van der Waals surface area contributed by atoms with Crippen LogP contribution in [-0.4, -0.2) is 28.0 Å². The van der Waals surface area contributed by atoms with Gasteiger partial charge in [0.15, 0.2) is 0 Å². The van der Waals surface area contributed by atoms with Crippen LogP contribution in [0.4, 0.5) is 13.2 Å². The number of aliphatic hydroxyl groups is 2. The lowest BCUT2D eigenvalue weighted by atomic mass is 9.95. The molecule has 0 aliphatic rings. The molecular formula is C8H7ClF3NO2. The molecule has 15 heavy (non-hydrogen) atoms. The number of halogens is 4. The highest BCUT2D eigenvalue weighted by atomic mass is 35.5. The van der Waals surface area contributed by atoms with Crippen molar-refractivity contribution in [2.45, 2.75) is 11.8 Å². The van der Waals surface area contributed by atoms with E-state index in [9.17, 15) is 18.3 Å². The fourth-order valence-electron chi connectivity index (χ4n) is 1.00. The Morgan fingerprint density at radius 2 is 2.00 bits per heavy atom. The first-order valence-electron chi connectivity index (χ1n) is 3.83. The largest absolute Gasteiger partial charge is 0.423 e. The molecule has 84 valence electrons. The van der Waals surface area contributed by atoms with Gasteiger partial charge >= 0.3 is 6.18 Å². The number of nitrogens with zero attached hydrogens (tertiary/aromatic N) is 1. The van der Waals surface area contributed by atoms with Gasteiger partial charge in [-0.25, -0.2) is 4.98 Å². The van der Waals surface area contributed by atoms with E-state index in [2.05, 4.69) is 4.98 Å². The maximum atomic E-state index is 12.4. The molecule has 0 fully saturated rings. The van der Waals surface area contributed by atoms with Crippen LogP contribution in [0.15, 0.2) is 18.3 Å². The molecular weight excluding hydrogens is 235 g/mol. The van der Waals surface area contributed by atoms with E-state index in [0.717, 1.165) is 18.3 Å². The average Bonchev–Trinajstić information content (AvgIpc) is 2.14. The van der Waals surface area contributed by atoms with Crippen molar-refractivity contribution in [3.63, 3.8) is 0 Å². The Morgan fingerprint density at radius 3 is 2.40 bits per heavy atom. The van der Waals surface area contributed by atoms with E-state index in [1.54, 1.807) is 0 Å². The van der Waals surface area contributed by atoms with Crippen molar-refractivity contribution in [3.05, 3.63) is 29.0 Å². The Balaban J connectivity index is 3.23. The maximum absolute atomic E-state index is 12.4. The standard InChI is InChI=1S/C8H7ClF3NO2/c9-6-3-5(1-2-13-6)7(15,4-14)8(10,11)12/h1-3,14-15H,4H2. The van der Waals surface area contributed by atoms with Crippen LogP contribution in [0, 0.1) is 0 Å². The Bertz CT molecular complexity index is 358. The number of pyridine rings is 1. The third kappa shape index (κ3) is 2.22. The lowest BCUT2D eigenvalue weighted by molar-refractivity contribution is -0.277. The molecule has 0 spiro atoms. The Labute approximate surface area is 88.1 Å². The van der Waals surface area contributed by atoms with Gasteiger partial charge in [-0.05, 0) is 17.7 Å². The molecule has 1 rings (SSSR count). The molecule has 0 saturated heterocycles. The van der Waals surface area contributed by atoms with Gasteiger partial charge in [0, 0.05) is 6.20 Å². The molecule has 1 aromatic rings. The molecule has 0 aliphatic carbocycles. The van der Waals surface area contributed by atoms with Crippen molar-refractivity contribution in [2.24, 2.45) is 0 Å². The maximum Gasteiger partial charge on any atom is 0.423 e. The van der Waals surface area contributed by atoms with Gasteiger partial charge in [0.2, 0.25) is 5.60 Å². The number of hydrogen-bond donors (Lipinski definition) is 2. The van der Waals surface area contributed by atoms with E-state index in [1.165, 1.54) is 0 Å². The van der Waals surface area contributed by atoms with Crippen LogP contribution >= 0.6 is 11.6 Å². The predicted molar refractivity (Wildman–Crippen MR) is 46.3 cm³/mol. The molecule has 0 saturated carbocycles. The second-order valence-corrected chi connectivity index (χ2v) is 3.27. The van der Waals surface area contributed by atoms with Gasteiger partial charge in [0.05, 0.1) is 6.61 Å². The quantitative estimate of drug-likeness (QED) is 0.771. The number of rotatable bonds is 2. The lowest BCUT2D eigenvalue weighted by Crippen LogP contribution is -2.45. The van der Waals surface area contributed by atoms with Crippen molar-refractivity contribution in [3.8, 4) is 0 Å². The molecule has 0 aromatic carbocycles. The second-order valence-electron chi connectivity index (χ2n) is 2.88. The van der Waals surface area contributed by atoms with Crippen LogP contribution in [0.25, 0.3) is 0 Å². The number of aliphatic hydroxyl groups excluding tert-OH is 1. The number of aromatic nitrogens is 1. The van der Waals surface area contributed by atoms with Crippen LogP contribution in [0.1, 0.15) is 5.56 Å². The van der Waals surface area contributed by atoms with E-state index in [-0.39, 0.29) is 5.15 Å². The van der Waals surface area contributed by atoms with Gasteiger partial charge < -0.3 is 10.2 Å². The van der Waals surface area contributed by atoms with Crippen molar-refractivity contribution in [1.82, 2.24) is 4.98 Å². The summed E-state index contributed by atoms with van der Waals surface area (Å²) in [6.45, 7) is -1.48. The summed E-state index contributed by atoms with van der Waals surface area (Å²) in [5.74, 6) is 0. The number of alkyl halides is 3. The van der Waals surface area contributed by atoms with Crippen molar-refractivity contribution < 1.29 is 23.4 Å². The van der Waals surface area contributed by atoms with Gasteiger partial charge in [-0.3, -0.25) is 0 Å². The van der Waals surface area contributed by atoms with Crippen LogP contribution < -0.4 is 0 Å². The highest BCUT2D eigenvalue weighted by Crippen LogP contribution is 2.38. The summed E-state index contributed by atoms with van der Waals surface area (Å²) in [6, 6.07) is 1.79. The first-order valence-corrected chi connectivity index (χ1v) is 4.21. The van der Waals surface area contributed by atoms with Crippen LogP contribution in [-0.2, 0) is 5.60 Å². The Kier molecular flexibility index (Phi) is 3.22. The molecule has 1 aromatic heterocycles. The van der Waals surface area contributed by atoms with Crippen molar-refractivity contribution >= 4 is 11.6 Å². The highest BCUT2D eigenvalue weighted by Gasteiger charge is 2.54. The zero-order chi connectivity index (χ0) is 11.7. The fourth-order valence-corrected chi connectivity index (χ4v) is 1.18. The van der Waals surface area contributed by atoms with Gasteiger partial charge in [-0.1, -0.05) is 11.6 Å². The molecule has 3 nitrogen and oxygen atoms in total. The summed E-state index contributed by atoms with van der Waals surface area (Å²) in [5, 5.41) is 17.7. The summed E-state index contributed by atoms with van der Waals surface area (Å²) in [6.07, 6.45) is -3.96. The van der Waals surface area contributed by atoms with Crippen LogP contribution in [0.2, 0.25) is 5.15 Å². The molecule has 1 heterocycles. The summed E-state index contributed by atoms with van der Waals surface area (Å²) in [7, 11) is 0. The molecule has 0 bridgehead atoms. The minimum absolute atomic E-state index is 0.191. The third-order valence-electron chi connectivity index (χ3n) is 1.90. The molecule has 0 amide bonds. The van der Waals surface area contributed by atoms with Gasteiger partial charge in [-0.2, -0.15) is 13.2 Å². The highest BCUT2D eigenvalue weighted by molar-refractivity contribution is 6.29. The summed E-state index contributed by atoms with van der Waals surface area (Å²) in [4.78, 5) is 3.48. The van der Waals surface area contributed by atoms with E-state index in [4.69, 9.17) is 16.7 Å². The molecule has 0 radical (unpaired) electrons. The zero-order valence-electron chi connectivity index (χ0n) is 7.29. The molecule has 2 N–H and O–H groups in total. The van der Waals surface area contributed by atoms with E-state index < -0.39 is 23.9 Å². The Morgan fingerprint density at radius 1 is 1.40 bits per heavy atom. The Hall–Kier alpha value is -0.850. The molecule has 0 aliphatic heterocycles. The smallest absolute Gasteiger partial charge is 0.393 e. The third-order valence-corrected chi connectivity index (χ3v) is 2.11. The number of hydrogen-bond acceptors (Lipinski definition) is 3. The van der Waals surface area contributed by atoms with Gasteiger partial charge in [0.25, 0.3) is 0 Å². The molecule has 1 unspecified atom stereocenters. The van der Waals surface area contributed by atoms with E-state index in [0.29, 0.717) is 0 Å². The van der Waals surface area contributed by atoms with Crippen molar-refractivity contribution in [1.29, 1.82) is 0 Å². The minimum atomic E-state index is -4.98. The van der Waals surface area contributed by atoms with Crippen LogP contribution in [0.5, 0.6) is 0 Å². The SMILES string of the molecule is OCC(O)(c1ccnc(Cl)c1)C(F)(F)F. The predicted octanol–water partition coefficient (Wildman–Crippen LogP) is 1.48. The summed E-state index contributed by atoms with van der Waals surface area (Å²) < 4.78 is 37.3. The topological polar surface area (TPSA) is 53.4 Å². The fraction of sp³-hybridized carbons (Fsp3) is 0.375. The first kappa shape index (κ1) is 12.2. The van der Waals surface area contributed by atoms with Gasteiger partial charge in [0.1, 0.15) is 5.15 Å². The lowest BCUT2D eigenvalue weighted by Gasteiger charge is -2.28. The van der Waals surface area contributed by atoms with Crippen LogP contribution in [0.3, 0.4) is 0 Å². The molecule has 7 heteroatoms. The normalized spacial score (nSPS) is 16.1. The van der Waals surface area contributed by atoms with E-state index in [1.807, 2.05) is 0 Å². The minimum Gasteiger partial charge on any atom is -0.393 e. The molecule has 1 atom stereocenters. The zero-order valence-corrected chi connectivity index (χ0v) is 8.05. The van der Waals surface area contributed by atoms with Gasteiger partial charge in [-0.15, -0.1) is 0 Å². The second kappa shape index (κ2) is 3.96. The monoisotopic (exact) mass is 241 g/mol.